The summed E-state index contributed by atoms with van der Waals surface area (Å²) in [5.74, 6) is 0.632. The molecule has 0 saturated carbocycles. The molecule has 5 nitrogen and oxygen atoms in total. The highest BCUT2D eigenvalue weighted by molar-refractivity contribution is 5.15. The van der Waals surface area contributed by atoms with E-state index in [1.165, 1.54) is 0 Å². The standard InChI is InChI=1S/C13H20N2O3/c1-10-9-18-12(8-16)7-15(10)6-11-4-3-5-13(14-11)17-2/h3-5,10,12,16H,6-9H2,1-2H3. The van der Waals surface area contributed by atoms with Gasteiger partial charge in [0.1, 0.15) is 0 Å². The Balaban J connectivity index is 2.02. The summed E-state index contributed by atoms with van der Waals surface area (Å²) in [5.41, 5.74) is 0.972. The van der Waals surface area contributed by atoms with Gasteiger partial charge in [0.2, 0.25) is 5.88 Å². The number of nitrogens with zero attached hydrogens (tertiary/aromatic N) is 2. The monoisotopic (exact) mass is 252 g/mol. The van der Waals surface area contributed by atoms with Crippen LogP contribution in [0.3, 0.4) is 0 Å². The molecule has 1 fully saturated rings. The summed E-state index contributed by atoms with van der Waals surface area (Å²) >= 11 is 0. The predicted octanol–water partition coefficient (Wildman–Crippen LogP) is 0.672. The highest BCUT2D eigenvalue weighted by atomic mass is 16.5. The highest BCUT2D eigenvalue weighted by Gasteiger charge is 2.25. The average Bonchev–Trinajstić information content (AvgIpc) is 2.41. The average molecular weight is 252 g/mol. The van der Waals surface area contributed by atoms with Crippen LogP contribution in [0.15, 0.2) is 18.2 Å². The molecule has 1 aromatic heterocycles. The first-order valence-electron chi connectivity index (χ1n) is 6.19. The van der Waals surface area contributed by atoms with Crippen molar-refractivity contribution in [2.75, 3.05) is 26.9 Å². The maximum absolute atomic E-state index is 9.16. The molecule has 100 valence electrons. The molecule has 0 aliphatic carbocycles. The minimum Gasteiger partial charge on any atom is -0.481 e. The zero-order chi connectivity index (χ0) is 13.0. The van der Waals surface area contributed by atoms with Gasteiger partial charge in [-0.25, -0.2) is 4.98 Å². The summed E-state index contributed by atoms with van der Waals surface area (Å²) in [5, 5.41) is 9.16. The number of methoxy groups -OCH3 is 1. The van der Waals surface area contributed by atoms with E-state index in [1.807, 2.05) is 18.2 Å². The first kappa shape index (κ1) is 13.3. The Bertz CT molecular complexity index is 386. The van der Waals surface area contributed by atoms with Gasteiger partial charge in [0.05, 0.1) is 32.1 Å². The third kappa shape index (κ3) is 3.19. The number of aliphatic hydroxyl groups excluding tert-OH is 1. The van der Waals surface area contributed by atoms with E-state index in [0.29, 0.717) is 18.5 Å². The second kappa shape index (κ2) is 6.13. The van der Waals surface area contributed by atoms with Gasteiger partial charge in [0, 0.05) is 25.2 Å². The van der Waals surface area contributed by atoms with Gasteiger partial charge >= 0.3 is 0 Å². The molecular weight excluding hydrogens is 232 g/mol. The SMILES string of the molecule is COc1cccc(CN2CC(CO)OCC2C)n1. The van der Waals surface area contributed by atoms with Crippen LogP contribution in [-0.4, -0.2) is 54.0 Å². The molecule has 2 unspecified atom stereocenters. The second-order valence-corrected chi connectivity index (χ2v) is 4.59. The Kier molecular flexibility index (Phi) is 4.52. The van der Waals surface area contributed by atoms with E-state index >= 15 is 0 Å². The highest BCUT2D eigenvalue weighted by Crippen LogP contribution is 2.16. The molecule has 0 bridgehead atoms. The van der Waals surface area contributed by atoms with Crippen LogP contribution in [0.2, 0.25) is 0 Å². The van der Waals surface area contributed by atoms with Gasteiger partial charge in [-0.2, -0.15) is 0 Å². The lowest BCUT2D eigenvalue weighted by molar-refractivity contribution is -0.0808. The zero-order valence-electron chi connectivity index (χ0n) is 10.9. The second-order valence-electron chi connectivity index (χ2n) is 4.59. The lowest BCUT2D eigenvalue weighted by atomic mass is 10.2. The minimum atomic E-state index is -0.0909. The quantitative estimate of drug-likeness (QED) is 0.853. The minimum absolute atomic E-state index is 0.0642. The van der Waals surface area contributed by atoms with E-state index in [1.54, 1.807) is 7.11 Å². The van der Waals surface area contributed by atoms with Crippen LogP contribution in [0.25, 0.3) is 0 Å². The van der Waals surface area contributed by atoms with Crippen molar-refractivity contribution in [3.8, 4) is 5.88 Å². The van der Waals surface area contributed by atoms with Crippen LogP contribution in [-0.2, 0) is 11.3 Å². The van der Waals surface area contributed by atoms with Crippen molar-refractivity contribution < 1.29 is 14.6 Å². The van der Waals surface area contributed by atoms with Gasteiger partial charge in [-0.3, -0.25) is 4.90 Å². The molecule has 5 heteroatoms. The smallest absolute Gasteiger partial charge is 0.213 e. The van der Waals surface area contributed by atoms with Crippen molar-refractivity contribution >= 4 is 0 Å². The largest absolute Gasteiger partial charge is 0.481 e. The van der Waals surface area contributed by atoms with Crippen molar-refractivity contribution in [2.24, 2.45) is 0 Å². The van der Waals surface area contributed by atoms with Crippen LogP contribution in [0, 0.1) is 0 Å². The van der Waals surface area contributed by atoms with E-state index in [9.17, 15) is 0 Å². The molecule has 0 amide bonds. The van der Waals surface area contributed by atoms with Crippen LogP contribution in [0.4, 0.5) is 0 Å². The van der Waals surface area contributed by atoms with Crippen LogP contribution < -0.4 is 4.74 Å². The number of aliphatic hydroxyl groups is 1. The van der Waals surface area contributed by atoms with Gasteiger partial charge in [-0.1, -0.05) is 6.07 Å². The summed E-state index contributed by atoms with van der Waals surface area (Å²) in [7, 11) is 1.62. The summed E-state index contributed by atoms with van der Waals surface area (Å²) < 4.78 is 10.6. The lowest BCUT2D eigenvalue weighted by Crippen LogP contribution is -2.48. The van der Waals surface area contributed by atoms with Crippen molar-refractivity contribution in [1.29, 1.82) is 0 Å². The molecule has 1 saturated heterocycles. The fourth-order valence-electron chi connectivity index (χ4n) is 2.07. The lowest BCUT2D eigenvalue weighted by Gasteiger charge is -2.37. The van der Waals surface area contributed by atoms with Crippen molar-refractivity contribution in [1.82, 2.24) is 9.88 Å². The molecule has 0 radical (unpaired) electrons. The number of hydrogen-bond acceptors (Lipinski definition) is 5. The number of pyridine rings is 1. The molecule has 1 aliphatic rings. The van der Waals surface area contributed by atoms with Gasteiger partial charge in [0.15, 0.2) is 0 Å². The Morgan fingerprint density at radius 3 is 3.11 bits per heavy atom. The number of morpholine rings is 1. The van der Waals surface area contributed by atoms with Crippen LogP contribution in [0.5, 0.6) is 5.88 Å². The third-order valence-corrected chi connectivity index (χ3v) is 3.19. The number of aromatic nitrogens is 1. The summed E-state index contributed by atoms with van der Waals surface area (Å²) in [6.07, 6.45) is -0.0909. The van der Waals surface area contributed by atoms with Crippen molar-refractivity contribution in [2.45, 2.75) is 25.6 Å². The summed E-state index contributed by atoms with van der Waals surface area (Å²) in [4.78, 5) is 6.67. The first-order valence-corrected chi connectivity index (χ1v) is 6.19. The van der Waals surface area contributed by atoms with Gasteiger partial charge in [-0.05, 0) is 13.0 Å². The molecule has 0 aromatic carbocycles. The molecule has 1 N–H and O–H groups in total. The summed E-state index contributed by atoms with van der Waals surface area (Å²) in [6, 6.07) is 6.10. The maximum Gasteiger partial charge on any atom is 0.213 e. The Hall–Kier alpha value is -1.17. The first-order chi connectivity index (χ1) is 8.72. The fraction of sp³-hybridized carbons (Fsp3) is 0.615. The summed E-state index contributed by atoms with van der Waals surface area (Å²) in [6.45, 7) is 4.31. The van der Waals surface area contributed by atoms with E-state index in [-0.39, 0.29) is 12.7 Å². The van der Waals surface area contributed by atoms with Crippen LogP contribution >= 0.6 is 0 Å². The molecule has 18 heavy (non-hydrogen) atoms. The van der Waals surface area contributed by atoms with Gasteiger partial charge < -0.3 is 14.6 Å². The van der Waals surface area contributed by atoms with E-state index in [4.69, 9.17) is 14.6 Å². The zero-order valence-corrected chi connectivity index (χ0v) is 10.9. The Morgan fingerprint density at radius 1 is 1.56 bits per heavy atom. The molecule has 2 rings (SSSR count). The normalized spacial score (nSPS) is 25.1. The van der Waals surface area contributed by atoms with Gasteiger partial charge in [0.25, 0.3) is 0 Å². The van der Waals surface area contributed by atoms with E-state index in [0.717, 1.165) is 18.8 Å². The maximum atomic E-state index is 9.16. The van der Waals surface area contributed by atoms with Crippen molar-refractivity contribution in [3.05, 3.63) is 23.9 Å². The topological polar surface area (TPSA) is 54.8 Å². The number of ether oxygens (including phenoxy) is 2. The predicted molar refractivity (Wildman–Crippen MR) is 67.5 cm³/mol. The van der Waals surface area contributed by atoms with Crippen LogP contribution in [0.1, 0.15) is 12.6 Å². The fourth-order valence-corrected chi connectivity index (χ4v) is 2.07. The molecule has 2 heterocycles. The van der Waals surface area contributed by atoms with Crippen molar-refractivity contribution in [3.63, 3.8) is 0 Å². The molecule has 1 aromatic rings. The molecule has 2 atom stereocenters. The number of rotatable bonds is 4. The Labute approximate surface area is 107 Å². The van der Waals surface area contributed by atoms with E-state index < -0.39 is 0 Å². The van der Waals surface area contributed by atoms with E-state index in [2.05, 4.69) is 16.8 Å². The third-order valence-electron chi connectivity index (χ3n) is 3.19. The molecule has 1 aliphatic heterocycles. The van der Waals surface area contributed by atoms with Gasteiger partial charge in [-0.15, -0.1) is 0 Å². The molecule has 0 spiro atoms. The Morgan fingerprint density at radius 2 is 2.39 bits per heavy atom. The number of hydrogen-bond donors (Lipinski definition) is 1. The molecular formula is C13H20N2O3.